The Hall–Kier alpha value is -1.73. The second-order valence-electron chi connectivity index (χ2n) is 5.80. The molecular formula is C18H16Cl2N2O3S. The molecular weight excluding hydrogens is 395 g/mol. The lowest BCUT2D eigenvalue weighted by atomic mass is 10.1. The second kappa shape index (κ2) is 7.88. The lowest BCUT2D eigenvalue weighted by molar-refractivity contribution is -0.144. The molecule has 136 valence electrons. The van der Waals surface area contributed by atoms with Crippen LogP contribution in [-0.2, 0) is 9.59 Å². The lowest BCUT2D eigenvalue weighted by Crippen LogP contribution is -2.47. The molecule has 3 rings (SSSR count). The molecule has 0 bridgehead atoms. The Morgan fingerprint density at radius 3 is 2.54 bits per heavy atom. The van der Waals surface area contributed by atoms with Crippen molar-refractivity contribution in [2.75, 3.05) is 0 Å². The van der Waals surface area contributed by atoms with Gasteiger partial charge in [0.05, 0.1) is 15.3 Å². The van der Waals surface area contributed by atoms with Crippen LogP contribution in [0.25, 0.3) is 0 Å². The number of amides is 2. The number of halogens is 2. The molecule has 1 fully saturated rings. The Labute approximate surface area is 165 Å². The minimum atomic E-state index is -1.38. The summed E-state index contributed by atoms with van der Waals surface area (Å²) < 4.78 is 0. The van der Waals surface area contributed by atoms with Crippen molar-refractivity contribution in [1.29, 1.82) is 0 Å². The fourth-order valence-electron chi connectivity index (χ4n) is 2.60. The molecule has 8 heteroatoms. The number of nitrogens with one attached hydrogen (secondary N) is 1. The van der Waals surface area contributed by atoms with Gasteiger partial charge >= 0.3 is 0 Å². The molecule has 0 saturated carbocycles. The third-order valence-corrected chi connectivity index (χ3v) is 6.07. The van der Waals surface area contributed by atoms with Crippen LogP contribution in [0.3, 0.4) is 0 Å². The number of nitrogens with zero attached hydrogens (tertiary/aromatic N) is 1. The molecule has 26 heavy (non-hydrogen) atoms. The zero-order valence-electron chi connectivity index (χ0n) is 13.7. The van der Waals surface area contributed by atoms with Crippen LogP contribution in [0, 0.1) is 0 Å². The molecule has 3 atom stereocenters. The number of hydrogen-bond acceptors (Lipinski definition) is 4. The van der Waals surface area contributed by atoms with Crippen molar-refractivity contribution >= 4 is 46.8 Å². The molecule has 1 aliphatic heterocycles. The molecule has 3 unspecified atom stereocenters. The van der Waals surface area contributed by atoms with Crippen LogP contribution in [0.2, 0.25) is 10.0 Å². The average molecular weight is 411 g/mol. The first-order chi connectivity index (χ1) is 12.4. The first kappa shape index (κ1) is 19.0. The molecule has 0 aliphatic carbocycles. The summed E-state index contributed by atoms with van der Waals surface area (Å²) in [6.45, 7) is 1.76. The van der Waals surface area contributed by atoms with Crippen LogP contribution in [-0.4, -0.2) is 27.2 Å². The highest BCUT2D eigenvalue weighted by molar-refractivity contribution is 8.01. The van der Waals surface area contributed by atoms with Crippen molar-refractivity contribution < 1.29 is 14.7 Å². The van der Waals surface area contributed by atoms with Crippen molar-refractivity contribution in [2.24, 2.45) is 0 Å². The molecule has 2 aromatic rings. The summed E-state index contributed by atoms with van der Waals surface area (Å²) in [7, 11) is 0. The first-order valence-corrected chi connectivity index (χ1v) is 9.55. The van der Waals surface area contributed by atoms with Gasteiger partial charge in [-0.25, -0.2) is 5.01 Å². The third-order valence-electron chi connectivity index (χ3n) is 3.98. The van der Waals surface area contributed by atoms with E-state index in [1.165, 1.54) is 16.8 Å². The van der Waals surface area contributed by atoms with E-state index in [1.54, 1.807) is 55.5 Å². The van der Waals surface area contributed by atoms with E-state index in [9.17, 15) is 14.7 Å². The summed E-state index contributed by atoms with van der Waals surface area (Å²) >= 11 is 13.4. The van der Waals surface area contributed by atoms with Gasteiger partial charge in [0, 0.05) is 0 Å². The monoisotopic (exact) mass is 410 g/mol. The molecule has 1 aliphatic rings. The van der Waals surface area contributed by atoms with E-state index in [0.29, 0.717) is 15.6 Å². The average Bonchev–Trinajstić information content (AvgIpc) is 2.92. The molecule has 1 heterocycles. The Morgan fingerprint density at radius 1 is 1.19 bits per heavy atom. The number of rotatable bonds is 4. The number of hydrazine groups is 1. The Kier molecular flexibility index (Phi) is 5.77. The smallest absolute Gasteiger partial charge is 0.272 e. The topological polar surface area (TPSA) is 69.6 Å². The van der Waals surface area contributed by atoms with E-state index in [2.05, 4.69) is 5.43 Å². The molecule has 2 aromatic carbocycles. The van der Waals surface area contributed by atoms with Gasteiger partial charge in [-0.05, 0) is 30.2 Å². The summed E-state index contributed by atoms with van der Waals surface area (Å²) in [6, 6.07) is 13.6. The van der Waals surface area contributed by atoms with E-state index in [0.717, 1.165) is 5.56 Å². The maximum absolute atomic E-state index is 12.5. The van der Waals surface area contributed by atoms with E-state index in [1.807, 2.05) is 0 Å². The van der Waals surface area contributed by atoms with E-state index >= 15 is 0 Å². The Morgan fingerprint density at radius 2 is 1.88 bits per heavy atom. The fraction of sp³-hybridized carbons (Fsp3) is 0.222. The maximum Gasteiger partial charge on any atom is 0.272 e. The van der Waals surface area contributed by atoms with Gasteiger partial charge in [0.2, 0.25) is 0 Å². The minimum absolute atomic E-state index is 0.250. The van der Waals surface area contributed by atoms with Crippen molar-refractivity contribution in [2.45, 2.75) is 23.7 Å². The number of benzene rings is 2. The van der Waals surface area contributed by atoms with Gasteiger partial charge in [-0.15, -0.1) is 11.8 Å². The first-order valence-electron chi connectivity index (χ1n) is 7.85. The zero-order chi connectivity index (χ0) is 18.8. The predicted molar refractivity (Wildman–Crippen MR) is 103 cm³/mol. The molecule has 2 amide bonds. The van der Waals surface area contributed by atoms with Crippen molar-refractivity contribution in [3.05, 3.63) is 69.7 Å². The largest absolute Gasteiger partial charge is 0.378 e. The minimum Gasteiger partial charge on any atom is -0.378 e. The van der Waals surface area contributed by atoms with Gasteiger partial charge < -0.3 is 5.11 Å². The number of aliphatic hydroxyl groups is 1. The van der Waals surface area contributed by atoms with Gasteiger partial charge in [0.25, 0.3) is 11.8 Å². The summed E-state index contributed by atoms with van der Waals surface area (Å²) in [6.07, 6.45) is -1.38. The maximum atomic E-state index is 12.5. The van der Waals surface area contributed by atoms with Crippen molar-refractivity contribution in [3.8, 4) is 0 Å². The number of aliphatic hydroxyl groups excluding tert-OH is 1. The van der Waals surface area contributed by atoms with Crippen LogP contribution in [0.15, 0.2) is 48.5 Å². The van der Waals surface area contributed by atoms with Gasteiger partial charge in [0.1, 0.15) is 5.37 Å². The van der Waals surface area contributed by atoms with E-state index in [-0.39, 0.29) is 11.2 Å². The van der Waals surface area contributed by atoms with Crippen LogP contribution < -0.4 is 5.43 Å². The number of thioether (sulfide) groups is 1. The summed E-state index contributed by atoms with van der Waals surface area (Å²) in [5.41, 5.74) is 3.72. The fourth-order valence-corrected chi connectivity index (χ4v) is 4.10. The van der Waals surface area contributed by atoms with Gasteiger partial charge in [-0.2, -0.15) is 0 Å². The van der Waals surface area contributed by atoms with Crippen LogP contribution in [0.4, 0.5) is 0 Å². The normalized spacial score (nSPS) is 20.9. The molecule has 0 radical (unpaired) electrons. The molecule has 2 N–H and O–H groups in total. The quantitative estimate of drug-likeness (QED) is 0.805. The highest BCUT2D eigenvalue weighted by Crippen LogP contribution is 2.43. The van der Waals surface area contributed by atoms with Gasteiger partial charge in [-0.3, -0.25) is 15.0 Å². The highest BCUT2D eigenvalue weighted by Gasteiger charge is 2.40. The second-order valence-corrected chi connectivity index (χ2v) is 8.04. The predicted octanol–water partition coefficient (Wildman–Crippen LogP) is 3.72. The van der Waals surface area contributed by atoms with Crippen LogP contribution >= 0.6 is 35.0 Å². The van der Waals surface area contributed by atoms with Crippen LogP contribution in [0.5, 0.6) is 0 Å². The lowest BCUT2D eigenvalue weighted by Gasteiger charge is -2.26. The third kappa shape index (κ3) is 3.83. The van der Waals surface area contributed by atoms with Crippen molar-refractivity contribution in [3.63, 3.8) is 0 Å². The van der Waals surface area contributed by atoms with E-state index < -0.39 is 17.4 Å². The zero-order valence-corrected chi connectivity index (χ0v) is 16.1. The SMILES string of the molecule is CC1SC(c2ccc(Cl)c(Cl)c2)N(NC(=O)C(O)c2ccccc2)C1=O. The summed E-state index contributed by atoms with van der Waals surface area (Å²) in [5.74, 6) is -0.927. The van der Waals surface area contributed by atoms with Gasteiger partial charge in [0.15, 0.2) is 6.10 Å². The number of hydrogen-bond donors (Lipinski definition) is 2. The number of carbonyl (C=O) groups is 2. The van der Waals surface area contributed by atoms with Crippen LogP contribution in [0.1, 0.15) is 29.5 Å². The number of carbonyl (C=O) groups excluding carboxylic acids is 2. The Bertz CT molecular complexity index is 834. The molecule has 1 saturated heterocycles. The standard InChI is InChI=1S/C18H16Cl2N2O3S/c1-10-17(25)22(18(26-10)12-7-8-13(19)14(20)9-12)21-16(24)15(23)11-5-3-2-4-6-11/h2-10,15,18,23H,1H3,(H,21,24). The van der Waals surface area contributed by atoms with E-state index in [4.69, 9.17) is 23.2 Å². The van der Waals surface area contributed by atoms with Gasteiger partial charge in [-0.1, -0.05) is 59.6 Å². The molecule has 0 spiro atoms. The molecule has 5 nitrogen and oxygen atoms in total. The van der Waals surface area contributed by atoms with Crippen molar-refractivity contribution in [1.82, 2.24) is 10.4 Å². The molecule has 0 aromatic heterocycles. The Balaban J connectivity index is 1.82. The highest BCUT2D eigenvalue weighted by atomic mass is 35.5. The summed E-state index contributed by atoms with van der Waals surface area (Å²) in [4.78, 5) is 24.9. The summed E-state index contributed by atoms with van der Waals surface area (Å²) in [5, 5.41) is 11.5.